The van der Waals surface area contributed by atoms with Gasteiger partial charge in [0.05, 0.1) is 10.2 Å². The topological polar surface area (TPSA) is 75.4 Å². The molecule has 0 aliphatic rings. The summed E-state index contributed by atoms with van der Waals surface area (Å²) >= 11 is 1.53. The zero-order valence-corrected chi connectivity index (χ0v) is 18.4. The molecule has 158 valence electrons. The Morgan fingerprint density at radius 1 is 1.06 bits per heavy atom. The van der Waals surface area contributed by atoms with Gasteiger partial charge < -0.3 is 14.6 Å². The van der Waals surface area contributed by atoms with Crippen LogP contribution in [0.2, 0.25) is 0 Å². The number of rotatable bonds is 6. The predicted octanol–water partition coefficient (Wildman–Crippen LogP) is 4.97. The number of amides is 2. The van der Waals surface area contributed by atoms with Crippen molar-refractivity contribution in [2.45, 2.75) is 26.4 Å². The molecule has 2 aromatic carbocycles. The van der Waals surface area contributed by atoms with Gasteiger partial charge in [0.1, 0.15) is 0 Å². The first-order valence-electron chi connectivity index (χ1n) is 10.0. The molecule has 0 bridgehead atoms. The highest BCUT2D eigenvalue weighted by atomic mass is 32.1. The minimum absolute atomic E-state index is 0.0245. The van der Waals surface area contributed by atoms with E-state index < -0.39 is 0 Å². The van der Waals surface area contributed by atoms with Crippen LogP contribution in [0.15, 0.2) is 65.1 Å². The van der Waals surface area contributed by atoms with E-state index >= 15 is 0 Å². The highest BCUT2D eigenvalue weighted by Crippen LogP contribution is 2.31. The SMILES string of the molecule is CC(C)N(C)C(=O)c1ccc(CNC(=O)c2ccc(-c3nc4ccccc4s3)o2)cc1. The Balaban J connectivity index is 1.38. The third kappa shape index (κ3) is 4.51. The molecule has 0 radical (unpaired) electrons. The maximum Gasteiger partial charge on any atom is 0.287 e. The van der Waals surface area contributed by atoms with Gasteiger partial charge in [0.2, 0.25) is 0 Å². The fraction of sp³-hybridized carbons (Fsp3) is 0.208. The van der Waals surface area contributed by atoms with Crippen molar-refractivity contribution in [3.05, 3.63) is 77.6 Å². The van der Waals surface area contributed by atoms with Gasteiger partial charge in [-0.2, -0.15) is 0 Å². The molecule has 0 fully saturated rings. The predicted molar refractivity (Wildman–Crippen MR) is 122 cm³/mol. The van der Waals surface area contributed by atoms with Gasteiger partial charge >= 0.3 is 0 Å². The van der Waals surface area contributed by atoms with Crippen LogP contribution in [0.5, 0.6) is 0 Å². The molecule has 0 saturated heterocycles. The van der Waals surface area contributed by atoms with Crippen molar-refractivity contribution in [3.8, 4) is 10.8 Å². The van der Waals surface area contributed by atoms with E-state index in [1.165, 1.54) is 11.3 Å². The Bertz CT molecular complexity index is 1190. The van der Waals surface area contributed by atoms with Gasteiger partial charge in [-0.05, 0) is 55.8 Å². The van der Waals surface area contributed by atoms with Crippen molar-refractivity contribution in [2.75, 3.05) is 7.05 Å². The molecule has 1 N–H and O–H groups in total. The molecule has 0 aliphatic carbocycles. The number of aromatic nitrogens is 1. The summed E-state index contributed by atoms with van der Waals surface area (Å²) in [5.74, 6) is 0.485. The number of hydrogen-bond acceptors (Lipinski definition) is 5. The van der Waals surface area contributed by atoms with Gasteiger partial charge in [-0.25, -0.2) is 4.98 Å². The van der Waals surface area contributed by atoms with E-state index in [1.807, 2.05) is 50.2 Å². The summed E-state index contributed by atoms with van der Waals surface area (Å²) < 4.78 is 6.81. The molecular weight excluding hydrogens is 410 g/mol. The molecule has 6 nitrogen and oxygen atoms in total. The van der Waals surface area contributed by atoms with Crippen molar-refractivity contribution in [1.29, 1.82) is 0 Å². The van der Waals surface area contributed by atoms with Crippen LogP contribution < -0.4 is 5.32 Å². The van der Waals surface area contributed by atoms with Crippen molar-refractivity contribution in [2.24, 2.45) is 0 Å². The van der Waals surface area contributed by atoms with E-state index in [0.717, 1.165) is 20.8 Å². The number of para-hydroxylation sites is 1. The minimum atomic E-state index is -0.299. The quantitative estimate of drug-likeness (QED) is 0.466. The van der Waals surface area contributed by atoms with Crippen LogP contribution in [0.1, 0.15) is 40.3 Å². The normalized spacial score (nSPS) is 11.1. The van der Waals surface area contributed by atoms with E-state index in [4.69, 9.17) is 4.42 Å². The standard InChI is InChI=1S/C24H23N3O3S/c1-15(2)27(3)24(29)17-10-8-16(9-11-17)14-25-22(28)19-12-13-20(30-19)23-26-18-6-4-5-7-21(18)31-23/h4-13,15H,14H2,1-3H3,(H,25,28). The van der Waals surface area contributed by atoms with Crippen molar-refractivity contribution < 1.29 is 14.0 Å². The second kappa shape index (κ2) is 8.73. The molecule has 2 aromatic heterocycles. The Morgan fingerprint density at radius 3 is 2.52 bits per heavy atom. The number of nitrogens with one attached hydrogen (secondary N) is 1. The summed E-state index contributed by atoms with van der Waals surface area (Å²) in [6.07, 6.45) is 0. The summed E-state index contributed by atoms with van der Waals surface area (Å²) in [6, 6.07) is 18.7. The average Bonchev–Trinajstić information content (AvgIpc) is 3.44. The van der Waals surface area contributed by atoms with Crippen LogP contribution in [-0.4, -0.2) is 34.8 Å². The van der Waals surface area contributed by atoms with Crippen LogP contribution in [0.25, 0.3) is 21.0 Å². The molecule has 0 spiro atoms. The van der Waals surface area contributed by atoms with Crippen LogP contribution in [0.4, 0.5) is 0 Å². The molecule has 0 atom stereocenters. The zero-order chi connectivity index (χ0) is 22.0. The van der Waals surface area contributed by atoms with Crippen LogP contribution in [0, 0.1) is 0 Å². The van der Waals surface area contributed by atoms with Crippen LogP contribution in [-0.2, 0) is 6.54 Å². The fourth-order valence-corrected chi connectivity index (χ4v) is 3.95. The van der Waals surface area contributed by atoms with Crippen molar-refractivity contribution in [3.63, 3.8) is 0 Å². The lowest BCUT2D eigenvalue weighted by Crippen LogP contribution is -2.32. The third-order valence-corrected chi connectivity index (χ3v) is 6.13. The largest absolute Gasteiger partial charge is 0.448 e. The number of thiazole rings is 1. The first kappa shape index (κ1) is 20.8. The van der Waals surface area contributed by atoms with Crippen molar-refractivity contribution >= 4 is 33.4 Å². The average molecular weight is 434 g/mol. The smallest absolute Gasteiger partial charge is 0.287 e. The van der Waals surface area contributed by atoms with E-state index in [0.29, 0.717) is 17.9 Å². The molecule has 4 aromatic rings. The summed E-state index contributed by atoms with van der Waals surface area (Å²) in [7, 11) is 1.78. The van der Waals surface area contributed by atoms with Gasteiger partial charge in [0.25, 0.3) is 11.8 Å². The molecule has 2 heterocycles. The minimum Gasteiger partial charge on any atom is -0.448 e. The van der Waals surface area contributed by atoms with Crippen molar-refractivity contribution in [1.82, 2.24) is 15.2 Å². The lowest BCUT2D eigenvalue weighted by Gasteiger charge is -2.21. The van der Waals surface area contributed by atoms with Gasteiger partial charge in [-0.15, -0.1) is 11.3 Å². The van der Waals surface area contributed by atoms with Gasteiger partial charge in [-0.3, -0.25) is 9.59 Å². The number of furan rings is 1. The lowest BCUT2D eigenvalue weighted by molar-refractivity contribution is 0.0754. The second-order valence-electron chi connectivity index (χ2n) is 7.54. The first-order chi connectivity index (χ1) is 14.9. The second-order valence-corrected chi connectivity index (χ2v) is 8.57. The molecule has 0 aliphatic heterocycles. The van der Waals surface area contributed by atoms with E-state index in [2.05, 4.69) is 10.3 Å². The summed E-state index contributed by atoms with van der Waals surface area (Å²) in [6.45, 7) is 4.28. The lowest BCUT2D eigenvalue weighted by atomic mass is 10.1. The molecule has 0 unspecified atom stereocenters. The highest BCUT2D eigenvalue weighted by Gasteiger charge is 2.16. The summed E-state index contributed by atoms with van der Waals surface area (Å²) in [5.41, 5.74) is 2.43. The summed E-state index contributed by atoms with van der Waals surface area (Å²) in [5, 5.41) is 3.59. The Morgan fingerprint density at radius 2 is 1.81 bits per heavy atom. The molecule has 7 heteroatoms. The van der Waals surface area contributed by atoms with E-state index in [1.54, 1.807) is 36.2 Å². The van der Waals surface area contributed by atoms with E-state index in [-0.39, 0.29) is 23.6 Å². The maximum atomic E-state index is 12.5. The number of fused-ring (bicyclic) bond motifs is 1. The zero-order valence-electron chi connectivity index (χ0n) is 17.6. The highest BCUT2D eigenvalue weighted by molar-refractivity contribution is 7.21. The number of carbonyl (C=O) groups excluding carboxylic acids is 2. The third-order valence-electron chi connectivity index (χ3n) is 5.08. The van der Waals surface area contributed by atoms with Gasteiger partial charge in [-0.1, -0.05) is 24.3 Å². The van der Waals surface area contributed by atoms with Crippen LogP contribution in [0.3, 0.4) is 0 Å². The number of carbonyl (C=O) groups is 2. The Kier molecular flexibility index (Phi) is 5.86. The molecule has 0 saturated carbocycles. The molecule has 2 amide bonds. The Labute approximate surface area is 184 Å². The van der Waals surface area contributed by atoms with Gasteiger partial charge in [0, 0.05) is 25.2 Å². The molecule has 31 heavy (non-hydrogen) atoms. The van der Waals surface area contributed by atoms with E-state index in [9.17, 15) is 9.59 Å². The monoisotopic (exact) mass is 433 g/mol. The Hall–Kier alpha value is -3.45. The fourth-order valence-electron chi connectivity index (χ4n) is 3.03. The van der Waals surface area contributed by atoms with Gasteiger partial charge in [0.15, 0.2) is 16.5 Å². The molecule has 4 rings (SSSR count). The first-order valence-corrected chi connectivity index (χ1v) is 10.8. The summed E-state index contributed by atoms with van der Waals surface area (Å²) in [4.78, 5) is 31.1. The van der Waals surface area contributed by atoms with Crippen LogP contribution >= 0.6 is 11.3 Å². The number of benzene rings is 2. The molecular formula is C24H23N3O3S. The number of hydrogen-bond donors (Lipinski definition) is 1. The maximum absolute atomic E-state index is 12.5. The number of nitrogens with zero attached hydrogens (tertiary/aromatic N) is 2.